The maximum Gasteiger partial charge on any atom is 0.0468 e. The minimum absolute atomic E-state index is 1.14. The van der Waals surface area contributed by atoms with Crippen LogP contribution in [-0.2, 0) is 0 Å². The Morgan fingerprint density at radius 2 is 0.865 bits per heavy atom. The lowest BCUT2D eigenvalue weighted by Crippen LogP contribution is -2.09. The highest BCUT2D eigenvalue weighted by Crippen LogP contribution is 2.44. The molecule has 0 bridgehead atoms. The highest BCUT2D eigenvalue weighted by Gasteiger charge is 2.17. The van der Waals surface area contributed by atoms with Crippen LogP contribution >= 0.6 is 0 Å². The minimum atomic E-state index is 1.14. The standard InChI is InChI=1S/C51H35N/c1-34-22-27-41(28-23-34)52(40-14-3-2-4-15-40)42-29-26-36-30-38(25-24-37(36)31-42)49-32-39-33-50(44-21-11-13-35-12-5-6-16-43(35)44)46-18-8-10-20-48(46)51(39)47-19-9-7-17-45(47)49/h2-33H,1H3. The third-order valence-electron chi connectivity index (χ3n) is 10.6. The Balaban J connectivity index is 1.16. The fraction of sp³-hybridized carbons (Fsp3) is 0.0196. The van der Waals surface area contributed by atoms with E-state index < -0.39 is 0 Å². The number of rotatable bonds is 5. The molecule has 0 spiro atoms. The fourth-order valence-corrected chi connectivity index (χ4v) is 8.16. The first kappa shape index (κ1) is 30.2. The quantitative estimate of drug-likeness (QED) is 0.166. The first-order valence-electron chi connectivity index (χ1n) is 18.0. The van der Waals surface area contributed by atoms with E-state index in [4.69, 9.17) is 0 Å². The normalized spacial score (nSPS) is 11.6. The summed E-state index contributed by atoms with van der Waals surface area (Å²) in [6.07, 6.45) is 0. The molecule has 0 aliphatic carbocycles. The second kappa shape index (κ2) is 12.3. The van der Waals surface area contributed by atoms with Crippen molar-refractivity contribution in [2.75, 3.05) is 4.90 Å². The lowest BCUT2D eigenvalue weighted by Gasteiger charge is -2.26. The van der Waals surface area contributed by atoms with Crippen LogP contribution in [0, 0.1) is 6.92 Å². The van der Waals surface area contributed by atoms with Crippen molar-refractivity contribution in [3.63, 3.8) is 0 Å². The molecule has 1 heteroatoms. The minimum Gasteiger partial charge on any atom is -0.310 e. The zero-order chi connectivity index (χ0) is 34.6. The molecule has 0 atom stereocenters. The summed E-state index contributed by atoms with van der Waals surface area (Å²) < 4.78 is 0. The van der Waals surface area contributed by atoms with Gasteiger partial charge >= 0.3 is 0 Å². The van der Waals surface area contributed by atoms with Crippen molar-refractivity contribution < 1.29 is 0 Å². The van der Waals surface area contributed by atoms with Gasteiger partial charge in [0.1, 0.15) is 0 Å². The van der Waals surface area contributed by atoms with Crippen LogP contribution in [-0.4, -0.2) is 0 Å². The maximum atomic E-state index is 2.42. The van der Waals surface area contributed by atoms with E-state index in [1.165, 1.54) is 81.7 Å². The lowest BCUT2D eigenvalue weighted by atomic mass is 9.86. The molecule has 10 aromatic rings. The molecule has 52 heavy (non-hydrogen) atoms. The van der Waals surface area contributed by atoms with Gasteiger partial charge in [-0.05, 0) is 138 Å². The fourth-order valence-electron chi connectivity index (χ4n) is 8.16. The Kier molecular flexibility index (Phi) is 7.11. The van der Waals surface area contributed by atoms with E-state index in [-0.39, 0.29) is 0 Å². The molecule has 0 radical (unpaired) electrons. The van der Waals surface area contributed by atoms with Crippen LogP contribution in [0.25, 0.3) is 76.1 Å². The van der Waals surface area contributed by atoms with Gasteiger partial charge in [-0.3, -0.25) is 0 Å². The van der Waals surface area contributed by atoms with Gasteiger partial charge in [0.05, 0.1) is 0 Å². The number of nitrogens with zero attached hydrogens (tertiary/aromatic N) is 1. The highest BCUT2D eigenvalue weighted by atomic mass is 15.1. The van der Waals surface area contributed by atoms with Crippen molar-refractivity contribution in [2.45, 2.75) is 6.92 Å². The van der Waals surface area contributed by atoms with Crippen LogP contribution in [0.4, 0.5) is 17.1 Å². The smallest absolute Gasteiger partial charge is 0.0468 e. The van der Waals surface area contributed by atoms with Gasteiger partial charge in [-0.2, -0.15) is 0 Å². The topological polar surface area (TPSA) is 3.24 Å². The van der Waals surface area contributed by atoms with Crippen molar-refractivity contribution in [3.05, 3.63) is 200 Å². The van der Waals surface area contributed by atoms with Crippen LogP contribution in [0.2, 0.25) is 0 Å². The van der Waals surface area contributed by atoms with Crippen molar-refractivity contribution >= 4 is 70.9 Å². The van der Waals surface area contributed by atoms with Gasteiger partial charge in [-0.25, -0.2) is 0 Å². The van der Waals surface area contributed by atoms with Crippen LogP contribution in [0.1, 0.15) is 5.56 Å². The van der Waals surface area contributed by atoms with E-state index in [1.54, 1.807) is 0 Å². The number of para-hydroxylation sites is 1. The second-order valence-corrected chi connectivity index (χ2v) is 13.8. The monoisotopic (exact) mass is 661 g/mol. The molecule has 0 fully saturated rings. The summed E-state index contributed by atoms with van der Waals surface area (Å²) in [6, 6.07) is 71.2. The molecule has 0 saturated heterocycles. The summed E-state index contributed by atoms with van der Waals surface area (Å²) in [5.41, 5.74) is 9.68. The number of anilines is 3. The average Bonchev–Trinajstić information content (AvgIpc) is 3.21. The van der Waals surface area contributed by atoms with Gasteiger partial charge in [-0.15, -0.1) is 0 Å². The molecule has 1 nitrogen and oxygen atoms in total. The molecular formula is C51H35N. The predicted molar refractivity (Wildman–Crippen MR) is 224 cm³/mol. The van der Waals surface area contributed by atoms with E-state index in [2.05, 4.69) is 206 Å². The van der Waals surface area contributed by atoms with Gasteiger partial charge in [0, 0.05) is 17.1 Å². The van der Waals surface area contributed by atoms with Gasteiger partial charge in [0.15, 0.2) is 0 Å². The summed E-state index contributed by atoms with van der Waals surface area (Å²) in [7, 11) is 0. The molecule has 0 aromatic heterocycles. The van der Waals surface area contributed by atoms with E-state index in [0.29, 0.717) is 0 Å². The molecule has 0 aliphatic heterocycles. The Bertz CT molecular complexity index is 2950. The molecule has 0 N–H and O–H groups in total. The molecule has 244 valence electrons. The summed E-state index contributed by atoms with van der Waals surface area (Å²) in [4.78, 5) is 2.33. The van der Waals surface area contributed by atoms with Gasteiger partial charge < -0.3 is 4.90 Å². The molecule has 10 aromatic carbocycles. The van der Waals surface area contributed by atoms with E-state index in [1.807, 2.05) is 0 Å². The molecule has 0 heterocycles. The molecular weight excluding hydrogens is 627 g/mol. The van der Waals surface area contributed by atoms with Crippen molar-refractivity contribution in [2.24, 2.45) is 0 Å². The van der Waals surface area contributed by atoms with Gasteiger partial charge in [0.2, 0.25) is 0 Å². The Morgan fingerprint density at radius 1 is 0.308 bits per heavy atom. The summed E-state index contributed by atoms with van der Waals surface area (Å²) >= 11 is 0. The summed E-state index contributed by atoms with van der Waals surface area (Å²) in [5, 5.41) is 12.6. The lowest BCUT2D eigenvalue weighted by molar-refractivity contribution is 1.28. The van der Waals surface area contributed by atoms with E-state index >= 15 is 0 Å². The number of aryl methyl sites for hydroxylation is 1. The summed E-state index contributed by atoms with van der Waals surface area (Å²) in [5.74, 6) is 0. The Labute approximate surface area is 303 Å². The Morgan fingerprint density at radius 3 is 1.63 bits per heavy atom. The van der Waals surface area contributed by atoms with Crippen LogP contribution in [0.3, 0.4) is 0 Å². The van der Waals surface area contributed by atoms with Crippen LogP contribution in [0.15, 0.2) is 194 Å². The first-order valence-corrected chi connectivity index (χ1v) is 18.0. The second-order valence-electron chi connectivity index (χ2n) is 13.8. The maximum absolute atomic E-state index is 2.42. The van der Waals surface area contributed by atoms with E-state index in [0.717, 1.165) is 17.1 Å². The molecule has 0 unspecified atom stereocenters. The largest absolute Gasteiger partial charge is 0.310 e. The average molecular weight is 662 g/mol. The third-order valence-corrected chi connectivity index (χ3v) is 10.6. The van der Waals surface area contributed by atoms with Crippen LogP contribution in [0.5, 0.6) is 0 Å². The van der Waals surface area contributed by atoms with Gasteiger partial charge in [-0.1, -0.05) is 145 Å². The third kappa shape index (κ3) is 5.01. The van der Waals surface area contributed by atoms with Gasteiger partial charge in [0.25, 0.3) is 0 Å². The zero-order valence-electron chi connectivity index (χ0n) is 28.9. The zero-order valence-corrected chi connectivity index (χ0v) is 28.9. The van der Waals surface area contributed by atoms with Crippen LogP contribution < -0.4 is 4.90 Å². The summed E-state index contributed by atoms with van der Waals surface area (Å²) in [6.45, 7) is 2.13. The molecule has 0 saturated carbocycles. The molecule has 0 aliphatic rings. The number of hydrogen-bond donors (Lipinski definition) is 0. The number of fused-ring (bicyclic) bond motifs is 7. The highest BCUT2D eigenvalue weighted by molar-refractivity contribution is 6.26. The Hall–Kier alpha value is -6.70. The molecule has 10 rings (SSSR count). The molecule has 0 amide bonds. The SMILES string of the molecule is Cc1ccc(N(c2ccccc2)c2ccc3cc(-c4cc5cc(-c6cccc7ccccc67)c6ccccc6c5c5ccccc45)ccc3c2)cc1. The van der Waals surface area contributed by atoms with E-state index in [9.17, 15) is 0 Å². The number of hydrogen-bond acceptors (Lipinski definition) is 1. The van der Waals surface area contributed by atoms with Crippen molar-refractivity contribution in [1.29, 1.82) is 0 Å². The first-order chi connectivity index (χ1) is 25.7. The van der Waals surface area contributed by atoms with Crippen molar-refractivity contribution in [3.8, 4) is 22.3 Å². The predicted octanol–water partition coefficient (Wildman–Crippen LogP) is 14.6. The van der Waals surface area contributed by atoms with Crippen molar-refractivity contribution in [1.82, 2.24) is 0 Å². The number of benzene rings is 10.